The summed E-state index contributed by atoms with van der Waals surface area (Å²) in [6, 6.07) is 16.7. The van der Waals surface area contributed by atoms with Gasteiger partial charge in [0.1, 0.15) is 10.3 Å². The first-order valence-electron chi connectivity index (χ1n) is 9.95. The van der Waals surface area contributed by atoms with Crippen LogP contribution in [0.25, 0.3) is 10.6 Å². The molecule has 0 amide bonds. The highest BCUT2D eigenvalue weighted by molar-refractivity contribution is 7.94. The average Bonchev–Trinajstić information content (AvgIpc) is 3.25. The second kappa shape index (κ2) is 8.67. The summed E-state index contributed by atoms with van der Waals surface area (Å²) in [5.41, 5.74) is 2.43. The number of anilines is 2. The summed E-state index contributed by atoms with van der Waals surface area (Å²) in [7, 11) is -3.76. The fourth-order valence-electron chi connectivity index (χ4n) is 3.79. The van der Waals surface area contributed by atoms with Crippen molar-refractivity contribution in [2.45, 2.75) is 30.1 Å². The lowest BCUT2D eigenvalue weighted by Gasteiger charge is -2.38. The van der Waals surface area contributed by atoms with E-state index in [0.717, 1.165) is 29.3 Å². The number of nitriles is 1. The Hall–Kier alpha value is -2.93. The van der Waals surface area contributed by atoms with Gasteiger partial charge < -0.3 is 10.2 Å². The Morgan fingerprint density at radius 1 is 1.16 bits per heavy atom. The summed E-state index contributed by atoms with van der Waals surface area (Å²) >= 11 is 1.17. The third kappa shape index (κ3) is 4.71. The highest BCUT2D eigenvalue weighted by Gasteiger charge is 2.24. The van der Waals surface area contributed by atoms with Crippen LogP contribution < -0.4 is 14.9 Å². The number of thiophene rings is 1. The summed E-state index contributed by atoms with van der Waals surface area (Å²) in [5, 5.41) is 13.0. The third-order valence-electron chi connectivity index (χ3n) is 5.03. The van der Waals surface area contributed by atoms with Crippen LogP contribution in [0.4, 0.5) is 11.4 Å². The lowest BCUT2D eigenvalue weighted by molar-refractivity contribution is 0.407. The number of sulfonamides is 1. The van der Waals surface area contributed by atoms with E-state index >= 15 is 0 Å². The van der Waals surface area contributed by atoms with E-state index in [4.69, 9.17) is 0 Å². The predicted molar refractivity (Wildman–Crippen MR) is 124 cm³/mol. The third-order valence-corrected chi connectivity index (χ3v) is 8.01. The van der Waals surface area contributed by atoms with Gasteiger partial charge in [-0.15, -0.1) is 11.3 Å². The summed E-state index contributed by atoms with van der Waals surface area (Å²) in [6.45, 7) is 5.68. The Bertz CT molecular complexity index is 1210. The highest BCUT2D eigenvalue weighted by atomic mass is 32.2. The smallest absolute Gasteiger partial charge is 0.271 e. The van der Waals surface area contributed by atoms with Crippen LogP contribution in [-0.4, -0.2) is 38.6 Å². The molecule has 4 rings (SSSR count). The molecule has 0 unspecified atom stereocenters. The molecule has 1 saturated heterocycles. The number of rotatable bonds is 5. The van der Waals surface area contributed by atoms with Gasteiger partial charge in [-0.1, -0.05) is 6.07 Å². The van der Waals surface area contributed by atoms with E-state index in [0.29, 0.717) is 11.3 Å². The zero-order chi connectivity index (χ0) is 22.0. The van der Waals surface area contributed by atoms with Crippen LogP contribution >= 0.6 is 11.3 Å². The Kier molecular flexibility index (Phi) is 5.96. The molecule has 1 aliphatic rings. The van der Waals surface area contributed by atoms with Crippen LogP contribution in [-0.2, 0) is 10.0 Å². The van der Waals surface area contributed by atoms with Gasteiger partial charge in [0, 0.05) is 31.4 Å². The largest absolute Gasteiger partial charge is 0.367 e. The fraction of sp³-hybridized carbons (Fsp3) is 0.273. The maximum Gasteiger partial charge on any atom is 0.271 e. The zero-order valence-corrected chi connectivity index (χ0v) is 18.9. The maximum atomic E-state index is 13.0. The molecule has 1 aromatic carbocycles. The standard InChI is InChI=1S/C22H23N5O2S2/c1-15-13-27(14-16(2)25-15)20-11-18(7-6-17(20)12-23)26-31(28,29)22-9-8-21(30-22)19-5-3-4-10-24-19/h3-11,15-16,25-26H,13-14H2,1-2H3/t15-,16+. The molecule has 2 atom stereocenters. The number of piperazine rings is 1. The van der Waals surface area contributed by atoms with Gasteiger partial charge in [-0.25, -0.2) is 8.42 Å². The van der Waals surface area contributed by atoms with Crippen LogP contribution in [0.3, 0.4) is 0 Å². The fourth-order valence-corrected chi connectivity index (χ4v) is 6.12. The molecular formula is C22H23N5O2S2. The molecule has 3 heterocycles. The first-order valence-corrected chi connectivity index (χ1v) is 12.2. The predicted octanol–water partition coefficient (Wildman–Crippen LogP) is 3.67. The van der Waals surface area contributed by atoms with Gasteiger partial charge in [0.2, 0.25) is 0 Å². The Morgan fingerprint density at radius 2 is 1.94 bits per heavy atom. The minimum Gasteiger partial charge on any atom is -0.367 e. The van der Waals surface area contributed by atoms with E-state index in [1.165, 1.54) is 11.3 Å². The number of aromatic nitrogens is 1. The second-order valence-electron chi connectivity index (χ2n) is 7.66. The van der Waals surface area contributed by atoms with Gasteiger partial charge in [0.25, 0.3) is 10.0 Å². The van der Waals surface area contributed by atoms with Crippen molar-refractivity contribution in [2.75, 3.05) is 22.7 Å². The van der Waals surface area contributed by atoms with Crippen molar-refractivity contribution < 1.29 is 8.42 Å². The number of hydrogen-bond acceptors (Lipinski definition) is 7. The number of hydrogen-bond donors (Lipinski definition) is 2. The Labute approximate surface area is 186 Å². The van der Waals surface area contributed by atoms with Crippen molar-refractivity contribution in [2.24, 2.45) is 0 Å². The molecule has 0 bridgehead atoms. The summed E-state index contributed by atoms with van der Waals surface area (Å²) in [6.07, 6.45) is 1.68. The van der Waals surface area contributed by atoms with Gasteiger partial charge in [-0.3, -0.25) is 9.71 Å². The lowest BCUT2D eigenvalue weighted by Crippen LogP contribution is -2.54. The van der Waals surface area contributed by atoms with Gasteiger partial charge in [0.15, 0.2) is 0 Å². The average molecular weight is 454 g/mol. The number of benzene rings is 1. The molecule has 160 valence electrons. The van der Waals surface area contributed by atoms with Crippen LogP contribution in [0, 0.1) is 11.3 Å². The Balaban J connectivity index is 1.60. The minimum atomic E-state index is -3.76. The summed E-state index contributed by atoms with van der Waals surface area (Å²) in [5.74, 6) is 0. The van der Waals surface area contributed by atoms with Crippen LogP contribution in [0.2, 0.25) is 0 Å². The number of pyridine rings is 1. The molecule has 7 nitrogen and oxygen atoms in total. The van der Waals surface area contributed by atoms with Crippen molar-refractivity contribution in [1.29, 1.82) is 5.26 Å². The van der Waals surface area contributed by atoms with Gasteiger partial charge in [0.05, 0.1) is 27.5 Å². The van der Waals surface area contributed by atoms with Gasteiger partial charge in [-0.05, 0) is 56.3 Å². The van der Waals surface area contributed by atoms with Crippen LogP contribution in [0.15, 0.2) is 58.9 Å². The molecule has 3 aromatic rings. The van der Waals surface area contributed by atoms with E-state index < -0.39 is 10.0 Å². The molecule has 9 heteroatoms. The molecule has 1 aliphatic heterocycles. The quantitative estimate of drug-likeness (QED) is 0.612. The summed E-state index contributed by atoms with van der Waals surface area (Å²) in [4.78, 5) is 7.19. The molecule has 1 fully saturated rings. The normalized spacial score (nSPS) is 19.1. The van der Waals surface area contributed by atoms with E-state index in [1.807, 2.05) is 18.2 Å². The monoisotopic (exact) mass is 453 g/mol. The molecule has 0 radical (unpaired) electrons. The number of nitrogens with zero attached hydrogens (tertiary/aromatic N) is 3. The topological polar surface area (TPSA) is 98.1 Å². The van der Waals surface area contributed by atoms with Crippen molar-refractivity contribution in [3.63, 3.8) is 0 Å². The second-order valence-corrected chi connectivity index (χ2v) is 10.6. The number of nitrogens with one attached hydrogen (secondary N) is 2. The maximum absolute atomic E-state index is 13.0. The van der Waals surface area contributed by atoms with Gasteiger partial charge >= 0.3 is 0 Å². The zero-order valence-electron chi connectivity index (χ0n) is 17.2. The van der Waals surface area contributed by atoms with Crippen molar-refractivity contribution in [3.8, 4) is 16.6 Å². The molecule has 2 N–H and O–H groups in total. The minimum absolute atomic E-state index is 0.212. The molecular weight excluding hydrogens is 430 g/mol. The van der Waals surface area contributed by atoms with Gasteiger partial charge in [-0.2, -0.15) is 5.26 Å². The first-order chi connectivity index (χ1) is 14.9. The highest BCUT2D eigenvalue weighted by Crippen LogP contribution is 2.32. The molecule has 0 aliphatic carbocycles. The van der Waals surface area contributed by atoms with Crippen LogP contribution in [0.5, 0.6) is 0 Å². The van der Waals surface area contributed by atoms with E-state index in [2.05, 4.69) is 39.8 Å². The van der Waals surface area contributed by atoms with Crippen LogP contribution in [0.1, 0.15) is 19.4 Å². The van der Waals surface area contributed by atoms with E-state index in [1.54, 1.807) is 36.5 Å². The van der Waals surface area contributed by atoms with Crippen molar-refractivity contribution in [3.05, 3.63) is 60.3 Å². The SMILES string of the molecule is C[C@@H]1CN(c2cc(NS(=O)(=O)c3ccc(-c4ccccn4)s3)ccc2C#N)C[C@H](C)N1. The summed E-state index contributed by atoms with van der Waals surface area (Å²) < 4.78 is 28.8. The Morgan fingerprint density at radius 3 is 2.61 bits per heavy atom. The molecule has 0 saturated carbocycles. The molecule has 2 aromatic heterocycles. The van der Waals surface area contributed by atoms with Crippen molar-refractivity contribution >= 4 is 32.7 Å². The first kappa shape index (κ1) is 21.3. The van der Waals surface area contributed by atoms with E-state index in [9.17, 15) is 13.7 Å². The van der Waals surface area contributed by atoms with E-state index in [-0.39, 0.29) is 16.3 Å². The molecule has 0 spiro atoms. The van der Waals surface area contributed by atoms with Crippen molar-refractivity contribution in [1.82, 2.24) is 10.3 Å². The lowest BCUT2D eigenvalue weighted by atomic mass is 10.1. The molecule has 31 heavy (non-hydrogen) atoms.